The first-order valence-electron chi connectivity index (χ1n) is 9.22. The van der Waals surface area contributed by atoms with Crippen molar-refractivity contribution >= 4 is 17.7 Å². The van der Waals surface area contributed by atoms with Crippen LogP contribution in [0.25, 0.3) is 0 Å². The van der Waals surface area contributed by atoms with Crippen molar-refractivity contribution < 1.29 is 28.6 Å². The highest BCUT2D eigenvalue weighted by molar-refractivity contribution is 5.94. The summed E-state index contributed by atoms with van der Waals surface area (Å²) in [5.41, 5.74) is 0.481. The molecule has 1 amide bonds. The topological polar surface area (TPSA) is 90.9 Å². The number of ketones is 1. The minimum Gasteiger partial charge on any atom is -0.493 e. The van der Waals surface area contributed by atoms with E-state index in [0.29, 0.717) is 17.1 Å². The van der Waals surface area contributed by atoms with Gasteiger partial charge in [0.05, 0.1) is 7.11 Å². The first-order chi connectivity index (χ1) is 12.9. The zero-order valence-electron chi connectivity index (χ0n) is 16.1. The van der Waals surface area contributed by atoms with E-state index in [1.807, 2.05) is 0 Å². The fraction of sp³-hybridized carbons (Fsp3) is 0.550. The van der Waals surface area contributed by atoms with Crippen molar-refractivity contribution in [2.45, 2.75) is 58.1 Å². The summed E-state index contributed by atoms with van der Waals surface area (Å²) >= 11 is 0. The molecular formula is C20H27NO6. The molecule has 1 fully saturated rings. The molecule has 0 aromatic heterocycles. The summed E-state index contributed by atoms with van der Waals surface area (Å²) < 4.78 is 15.7. The van der Waals surface area contributed by atoms with Gasteiger partial charge in [-0.3, -0.25) is 9.59 Å². The van der Waals surface area contributed by atoms with Crippen LogP contribution in [0.4, 0.5) is 0 Å². The van der Waals surface area contributed by atoms with E-state index in [9.17, 15) is 14.4 Å². The number of carbonyl (C=O) groups is 3. The summed E-state index contributed by atoms with van der Waals surface area (Å²) in [5, 5.41) is 2.92. The second kappa shape index (κ2) is 9.94. The van der Waals surface area contributed by atoms with Crippen molar-refractivity contribution in [3.63, 3.8) is 0 Å². The molecule has 2 rings (SSSR count). The molecule has 1 aliphatic carbocycles. The van der Waals surface area contributed by atoms with E-state index >= 15 is 0 Å². The summed E-state index contributed by atoms with van der Waals surface area (Å²) in [6.45, 7) is 2.63. The van der Waals surface area contributed by atoms with Crippen molar-refractivity contribution in [2.75, 3.05) is 13.7 Å². The number of carbonyl (C=O) groups excluding carboxylic acids is 3. The van der Waals surface area contributed by atoms with Gasteiger partial charge in [0.2, 0.25) is 0 Å². The van der Waals surface area contributed by atoms with Gasteiger partial charge in [-0.05, 0) is 44.9 Å². The van der Waals surface area contributed by atoms with Gasteiger partial charge >= 0.3 is 5.97 Å². The number of benzene rings is 1. The first kappa shape index (κ1) is 20.7. The number of nitrogens with one attached hydrogen (secondary N) is 1. The maximum Gasteiger partial charge on any atom is 0.344 e. The number of hydrogen-bond donors (Lipinski definition) is 1. The second-order valence-corrected chi connectivity index (χ2v) is 6.69. The molecule has 0 heterocycles. The van der Waals surface area contributed by atoms with Gasteiger partial charge in [0.25, 0.3) is 5.91 Å². The zero-order chi connectivity index (χ0) is 19.8. The normalized spacial score (nSPS) is 15.5. The molecule has 0 saturated heterocycles. The third-order valence-electron chi connectivity index (χ3n) is 4.54. The van der Waals surface area contributed by atoms with Gasteiger partial charge in [-0.1, -0.05) is 19.3 Å². The predicted octanol–water partition coefficient (Wildman–Crippen LogP) is 2.66. The summed E-state index contributed by atoms with van der Waals surface area (Å²) in [4.78, 5) is 35.5. The Labute approximate surface area is 159 Å². The van der Waals surface area contributed by atoms with Gasteiger partial charge in [-0.2, -0.15) is 0 Å². The number of methoxy groups -OCH3 is 1. The number of amides is 1. The molecule has 0 bridgehead atoms. The van der Waals surface area contributed by atoms with E-state index in [2.05, 4.69) is 5.32 Å². The molecule has 1 unspecified atom stereocenters. The van der Waals surface area contributed by atoms with E-state index in [-0.39, 0.29) is 24.3 Å². The van der Waals surface area contributed by atoms with Gasteiger partial charge in [0, 0.05) is 11.6 Å². The molecule has 7 heteroatoms. The molecule has 1 N–H and O–H groups in total. The number of Topliss-reactive ketones (excluding diaryl/α,β-unsaturated/α-hetero) is 1. The molecule has 148 valence electrons. The standard InChI is InChI=1S/C20H27NO6/c1-13(22)15-9-10-17(18(11-15)25-3)26-12-19(23)27-14(2)20(24)21-16-7-5-4-6-8-16/h9-11,14,16H,4-8,12H2,1-3H3,(H,21,24). The van der Waals surface area contributed by atoms with Crippen LogP contribution in [0.15, 0.2) is 18.2 Å². The SMILES string of the molecule is COc1cc(C(C)=O)ccc1OCC(=O)OC(C)C(=O)NC1CCCCC1. The number of rotatable bonds is 8. The largest absolute Gasteiger partial charge is 0.493 e. The van der Waals surface area contributed by atoms with Crippen LogP contribution in [0.5, 0.6) is 11.5 Å². The van der Waals surface area contributed by atoms with Crippen LogP contribution in [0.2, 0.25) is 0 Å². The van der Waals surface area contributed by atoms with Crippen LogP contribution >= 0.6 is 0 Å². The van der Waals surface area contributed by atoms with Crippen LogP contribution in [0.1, 0.15) is 56.3 Å². The van der Waals surface area contributed by atoms with Gasteiger partial charge in [0.1, 0.15) is 0 Å². The Morgan fingerprint density at radius 1 is 1.15 bits per heavy atom. The van der Waals surface area contributed by atoms with Crippen molar-refractivity contribution in [2.24, 2.45) is 0 Å². The molecule has 1 aromatic rings. The summed E-state index contributed by atoms with van der Waals surface area (Å²) in [7, 11) is 1.45. The Kier molecular flexibility index (Phi) is 7.64. The van der Waals surface area contributed by atoms with Gasteiger partial charge in [0.15, 0.2) is 30.0 Å². The first-order valence-corrected chi connectivity index (χ1v) is 9.22. The average molecular weight is 377 g/mol. The van der Waals surface area contributed by atoms with Crippen molar-refractivity contribution in [3.8, 4) is 11.5 Å². The molecule has 1 atom stereocenters. The molecule has 0 spiro atoms. The van der Waals surface area contributed by atoms with E-state index in [1.54, 1.807) is 18.2 Å². The highest BCUT2D eigenvalue weighted by atomic mass is 16.6. The molecule has 1 aliphatic rings. The quantitative estimate of drug-likeness (QED) is 0.553. The minimum absolute atomic E-state index is 0.0999. The minimum atomic E-state index is -0.884. The Balaban J connectivity index is 1.82. The predicted molar refractivity (Wildman–Crippen MR) is 99.1 cm³/mol. The zero-order valence-corrected chi connectivity index (χ0v) is 16.1. The van der Waals surface area contributed by atoms with Crippen LogP contribution in [-0.2, 0) is 14.3 Å². The molecular weight excluding hydrogens is 350 g/mol. The van der Waals surface area contributed by atoms with Crippen LogP contribution in [-0.4, -0.2) is 43.5 Å². The second-order valence-electron chi connectivity index (χ2n) is 6.69. The monoisotopic (exact) mass is 377 g/mol. The lowest BCUT2D eigenvalue weighted by molar-refractivity contribution is -0.157. The van der Waals surface area contributed by atoms with E-state index in [1.165, 1.54) is 27.4 Å². The van der Waals surface area contributed by atoms with Gasteiger partial charge in [-0.15, -0.1) is 0 Å². The lowest BCUT2D eigenvalue weighted by Gasteiger charge is -2.24. The smallest absolute Gasteiger partial charge is 0.344 e. The summed E-state index contributed by atoms with van der Waals surface area (Å²) in [5.74, 6) is -0.382. The number of hydrogen-bond acceptors (Lipinski definition) is 6. The molecule has 1 saturated carbocycles. The number of esters is 1. The molecule has 1 aromatic carbocycles. The van der Waals surface area contributed by atoms with Crippen LogP contribution in [0, 0.1) is 0 Å². The Bertz CT molecular complexity index is 681. The highest BCUT2D eigenvalue weighted by Crippen LogP contribution is 2.28. The number of ether oxygens (including phenoxy) is 3. The van der Waals surface area contributed by atoms with Crippen molar-refractivity contribution in [1.82, 2.24) is 5.32 Å². The maximum absolute atomic E-state index is 12.1. The van der Waals surface area contributed by atoms with Crippen LogP contribution < -0.4 is 14.8 Å². The molecule has 0 radical (unpaired) electrons. The average Bonchev–Trinajstić information content (AvgIpc) is 2.66. The fourth-order valence-corrected chi connectivity index (χ4v) is 2.99. The molecule has 0 aliphatic heterocycles. The summed E-state index contributed by atoms with van der Waals surface area (Å²) in [6, 6.07) is 4.85. The van der Waals surface area contributed by atoms with Gasteiger partial charge < -0.3 is 19.5 Å². The van der Waals surface area contributed by atoms with E-state index in [0.717, 1.165) is 25.7 Å². The Morgan fingerprint density at radius 3 is 2.48 bits per heavy atom. The molecule has 27 heavy (non-hydrogen) atoms. The van der Waals surface area contributed by atoms with Crippen LogP contribution in [0.3, 0.4) is 0 Å². The Morgan fingerprint density at radius 2 is 1.85 bits per heavy atom. The highest BCUT2D eigenvalue weighted by Gasteiger charge is 2.22. The van der Waals surface area contributed by atoms with Crippen molar-refractivity contribution in [1.29, 1.82) is 0 Å². The lowest BCUT2D eigenvalue weighted by Crippen LogP contribution is -2.43. The maximum atomic E-state index is 12.1. The summed E-state index contributed by atoms with van der Waals surface area (Å²) in [6.07, 6.45) is 4.46. The molecule has 7 nitrogen and oxygen atoms in total. The lowest BCUT2D eigenvalue weighted by atomic mass is 9.95. The Hall–Kier alpha value is -2.57. The van der Waals surface area contributed by atoms with Crippen molar-refractivity contribution in [3.05, 3.63) is 23.8 Å². The third-order valence-corrected chi connectivity index (χ3v) is 4.54. The van der Waals surface area contributed by atoms with Gasteiger partial charge in [-0.25, -0.2) is 4.79 Å². The van der Waals surface area contributed by atoms with E-state index < -0.39 is 12.1 Å². The fourth-order valence-electron chi connectivity index (χ4n) is 2.99. The van der Waals surface area contributed by atoms with E-state index in [4.69, 9.17) is 14.2 Å². The third kappa shape index (κ3) is 6.27.